The maximum atomic E-state index is 5.61. The normalized spacial score (nSPS) is 22.3. The van der Waals surface area contributed by atoms with Gasteiger partial charge in [0.2, 0.25) is 5.88 Å². The van der Waals surface area contributed by atoms with Gasteiger partial charge in [-0.05, 0) is 38.5 Å². The molecular formula is C16H26N4O. The Morgan fingerprint density at radius 2 is 2.19 bits per heavy atom. The molecule has 1 saturated carbocycles. The number of piperidine rings is 1. The number of anilines is 1. The van der Waals surface area contributed by atoms with E-state index in [9.17, 15) is 0 Å². The Morgan fingerprint density at radius 3 is 3.00 bits per heavy atom. The van der Waals surface area contributed by atoms with Gasteiger partial charge >= 0.3 is 0 Å². The van der Waals surface area contributed by atoms with E-state index in [-0.39, 0.29) is 0 Å². The van der Waals surface area contributed by atoms with Crippen LogP contribution in [-0.2, 0) is 0 Å². The molecule has 1 aliphatic carbocycles. The van der Waals surface area contributed by atoms with Crippen molar-refractivity contribution >= 4 is 5.82 Å². The Hall–Kier alpha value is -1.36. The van der Waals surface area contributed by atoms with Gasteiger partial charge in [0.25, 0.3) is 0 Å². The molecule has 116 valence electrons. The minimum Gasteiger partial charge on any atom is -0.477 e. The maximum Gasteiger partial charge on any atom is 0.234 e. The fourth-order valence-electron chi connectivity index (χ4n) is 2.86. The monoisotopic (exact) mass is 290 g/mol. The van der Waals surface area contributed by atoms with Crippen molar-refractivity contribution < 1.29 is 4.74 Å². The van der Waals surface area contributed by atoms with Crippen LogP contribution in [0.5, 0.6) is 5.88 Å². The second-order valence-electron chi connectivity index (χ2n) is 6.09. The highest BCUT2D eigenvalue weighted by Crippen LogP contribution is 2.25. The predicted molar refractivity (Wildman–Crippen MR) is 83.8 cm³/mol. The van der Waals surface area contributed by atoms with Crippen LogP contribution in [0.25, 0.3) is 0 Å². The number of hydrogen-bond donors (Lipinski definition) is 1. The van der Waals surface area contributed by atoms with Crippen molar-refractivity contribution in [3.8, 4) is 5.88 Å². The van der Waals surface area contributed by atoms with Crippen LogP contribution in [-0.4, -0.2) is 41.7 Å². The lowest BCUT2D eigenvalue weighted by atomic mass is 10.0. The fourth-order valence-corrected chi connectivity index (χ4v) is 2.86. The molecule has 5 heteroatoms. The zero-order valence-corrected chi connectivity index (χ0v) is 12.9. The molecule has 2 aliphatic rings. The van der Waals surface area contributed by atoms with Crippen molar-refractivity contribution in [3.63, 3.8) is 0 Å². The Balaban J connectivity index is 1.66. The lowest BCUT2D eigenvalue weighted by Crippen LogP contribution is -2.46. The molecule has 5 nitrogen and oxygen atoms in total. The van der Waals surface area contributed by atoms with Crippen molar-refractivity contribution in [2.45, 2.75) is 57.5 Å². The third kappa shape index (κ3) is 4.06. The van der Waals surface area contributed by atoms with Crippen molar-refractivity contribution in [1.82, 2.24) is 15.3 Å². The van der Waals surface area contributed by atoms with Crippen LogP contribution < -0.4 is 15.0 Å². The summed E-state index contributed by atoms with van der Waals surface area (Å²) < 4.78 is 5.61. The van der Waals surface area contributed by atoms with Crippen molar-refractivity contribution in [2.24, 2.45) is 0 Å². The summed E-state index contributed by atoms with van der Waals surface area (Å²) in [7, 11) is 0. The molecular weight excluding hydrogens is 264 g/mol. The van der Waals surface area contributed by atoms with Gasteiger partial charge in [-0.15, -0.1) is 0 Å². The molecule has 1 aliphatic heterocycles. The van der Waals surface area contributed by atoms with Gasteiger partial charge in [-0.25, -0.2) is 0 Å². The molecule has 1 atom stereocenters. The van der Waals surface area contributed by atoms with E-state index in [1.807, 2.05) is 6.20 Å². The van der Waals surface area contributed by atoms with Gasteiger partial charge in [-0.3, -0.25) is 4.98 Å². The summed E-state index contributed by atoms with van der Waals surface area (Å²) in [5.74, 6) is 1.61. The van der Waals surface area contributed by atoms with E-state index in [4.69, 9.17) is 4.74 Å². The average molecular weight is 290 g/mol. The second-order valence-corrected chi connectivity index (χ2v) is 6.09. The predicted octanol–water partition coefficient (Wildman–Crippen LogP) is 2.38. The largest absolute Gasteiger partial charge is 0.477 e. The highest BCUT2D eigenvalue weighted by Gasteiger charge is 2.27. The summed E-state index contributed by atoms with van der Waals surface area (Å²) in [4.78, 5) is 11.4. The van der Waals surface area contributed by atoms with Gasteiger partial charge in [0.1, 0.15) is 0 Å². The first-order valence-corrected chi connectivity index (χ1v) is 8.31. The van der Waals surface area contributed by atoms with Crippen LogP contribution in [0, 0.1) is 0 Å². The number of nitrogens with zero attached hydrogens (tertiary/aromatic N) is 3. The lowest BCUT2D eigenvalue weighted by molar-refractivity contribution is 0.303. The minimum absolute atomic E-state index is 0.537. The zero-order valence-electron chi connectivity index (χ0n) is 12.9. The van der Waals surface area contributed by atoms with Crippen molar-refractivity contribution in [1.29, 1.82) is 0 Å². The number of ether oxygens (including phenoxy) is 1. The number of aromatic nitrogens is 2. The minimum atomic E-state index is 0.537. The van der Waals surface area contributed by atoms with Gasteiger partial charge in [0, 0.05) is 25.2 Å². The second kappa shape index (κ2) is 7.07. The SMILES string of the molecule is CCCOc1cncc(N2CCCCC2CNC2CC2)n1. The molecule has 0 spiro atoms. The van der Waals surface area contributed by atoms with E-state index in [1.165, 1.54) is 32.1 Å². The first-order valence-electron chi connectivity index (χ1n) is 8.31. The van der Waals surface area contributed by atoms with Gasteiger partial charge in [0.15, 0.2) is 5.82 Å². The molecule has 0 radical (unpaired) electrons. The van der Waals surface area contributed by atoms with E-state index in [2.05, 4.69) is 27.1 Å². The van der Waals surface area contributed by atoms with Gasteiger partial charge in [0.05, 0.1) is 19.0 Å². The third-order valence-corrected chi connectivity index (χ3v) is 4.19. The Morgan fingerprint density at radius 1 is 1.29 bits per heavy atom. The van der Waals surface area contributed by atoms with Crippen molar-refractivity contribution in [3.05, 3.63) is 12.4 Å². The molecule has 2 fully saturated rings. The first-order chi connectivity index (χ1) is 10.4. The number of nitrogens with one attached hydrogen (secondary N) is 1. The van der Waals surface area contributed by atoms with E-state index < -0.39 is 0 Å². The molecule has 0 aromatic carbocycles. The molecule has 1 aromatic heterocycles. The Bertz CT molecular complexity index is 450. The van der Waals surface area contributed by atoms with E-state index in [1.54, 1.807) is 6.20 Å². The third-order valence-electron chi connectivity index (χ3n) is 4.19. The average Bonchev–Trinajstić information content (AvgIpc) is 3.36. The lowest BCUT2D eigenvalue weighted by Gasteiger charge is -2.36. The maximum absolute atomic E-state index is 5.61. The van der Waals surface area contributed by atoms with Gasteiger partial charge in [-0.2, -0.15) is 4.98 Å². The molecule has 1 N–H and O–H groups in total. The van der Waals surface area contributed by atoms with Crippen LogP contribution >= 0.6 is 0 Å². The summed E-state index contributed by atoms with van der Waals surface area (Å²) >= 11 is 0. The molecule has 1 aromatic rings. The van der Waals surface area contributed by atoms with E-state index >= 15 is 0 Å². The van der Waals surface area contributed by atoms with Crippen LogP contribution in [0.1, 0.15) is 45.4 Å². The van der Waals surface area contributed by atoms with E-state index in [0.29, 0.717) is 18.5 Å². The quantitative estimate of drug-likeness (QED) is 0.835. The van der Waals surface area contributed by atoms with Crippen LogP contribution in [0.15, 0.2) is 12.4 Å². The van der Waals surface area contributed by atoms with Crippen LogP contribution in [0.2, 0.25) is 0 Å². The molecule has 1 saturated heterocycles. The van der Waals surface area contributed by atoms with Gasteiger partial charge < -0.3 is 15.0 Å². The summed E-state index contributed by atoms with van der Waals surface area (Å²) in [6.45, 7) is 4.93. The Labute approximate surface area is 127 Å². The molecule has 21 heavy (non-hydrogen) atoms. The summed E-state index contributed by atoms with van der Waals surface area (Å²) in [6.07, 6.45) is 11.0. The van der Waals surface area contributed by atoms with Crippen LogP contribution in [0.3, 0.4) is 0 Å². The van der Waals surface area contributed by atoms with Crippen molar-refractivity contribution in [2.75, 3.05) is 24.6 Å². The summed E-state index contributed by atoms with van der Waals surface area (Å²) in [5, 5.41) is 3.65. The summed E-state index contributed by atoms with van der Waals surface area (Å²) in [5.41, 5.74) is 0. The molecule has 0 bridgehead atoms. The molecule has 0 amide bonds. The molecule has 3 rings (SSSR count). The Kier molecular flexibility index (Phi) is 4.91. The highest BCUT2D eigenvalue weighted by molar-refractivity contribution is 5.39. The smallest absolute Gasteiger partial charge is 0.234 e. The molecule has 2 heterocycles. The standard InChI is InChI=1S/C16H26N4O/c1-2-9-21-16-12-17-11-15(19-16)20-8-4-3-5-14(20)10-18-13-6-7-13/h11-14,18H,2-10H2,1H3. The first kappa shape index (κ1) is 14.6. The number of hydrogen-bond acceptors (Lipinski definition) is 5. The van der Waals surface area contributed by atoms with Crippen LogP contribution in [0.4, 0.5) is 5.82 Å². The van der Waals surface area contributed by atoms with E-state index in [0.717, 1.165) is 31.4 Å². The topological polar surface area (TPSA) is 50.3 Å². The zero-order chi connectivity index (χ0) is 14.5. The molecule has 1 unspecified atom stereocenters. The highest BCUT2D eigenvalue weighted by atomic mass is 16.5. The number of rotatable bonds is 7. The fraction of sp³-hybridized carbons (Fsp3) is 0.750. The van der Waals surface area contributed by atoms with Gasteiger partial charge in [-0.1, -0.05) is 6.92 Å². The summed E-state index contributed by atoms with van der Waals surface area (Å²) in [6, 6.07) is 1.30.